The second-order valence-electron chi connectivity index (χ2n) is 8.44. The van der Waals surface area contributed by atoms with E-state index in [0.717, 1.165) is 24.5 Å². The third kappa shape index (κ3) is 3.73. The van der Waals surface area contributed by atoms with Gasteiger partial charge in [-0.25, -0.2) is 14.5 Å². The fourth-order valence-corrected chi connectivity index (χ4v) is 4.20. The summed E-state index contributed by atoms with van der Waals surface area (Å²) < 4.78 is 1.69. The van der Waals surface area contributed by atoms with E-state index in [0.29, 0.717) is 46.5 Å². The Balaban J connectivity index is 1.42. The Hall–Kier alpha value is -3.66. The molecule has 1 saturated heterocycles. The molecule has 0 amide bonds. The average Bonchev–Trinajstić information content (AvgIpc) is 3.18. The molecule has 32 heavy (non-hydrogen) atoms. The van der Waals surface area contributed by atoms with E-state index in [1.807, 2.05) is 26.0 Å². The van der Waals surface area contributed by atoms with Crippen LogP contribution in [0.5, 0.6) is 5.75 Å². The number of hydrogen-bond donors (Lipinski definition) is 2. The van der Waals surface area contributed by atoms with E-state index in [1.165, 1.54) is 0 Å². The zero-order valence-electron chi connectivity index (χ0n) is 18.5. The molecule has 1 fully saturated rings. The zero-order valence-corrected chi connectivity index (χ0v) is 18.5. The Labute approximate surface area is 185 Å². The number of fused-ring (bicyclic) bond motifs is 1. The van der Waals surface area contributed by atoms with E-state index in [2.05, 4.69) is 54.3 Å². The van der Waals surface area contributed by atoms with Crippen molar-refractivity contribution in [3.63, 3.8) is 0 Å². The average molecular weight is 432 g/mol. The largest absolute Gasteiger partial charge is 0.507 e. The number of benzene rings is 1. The fourth-order valence-electron chi connectivity index (χ4n) is 4.20. The minimum absolute atomic E-state index is 0.0653. The summed E-state index contributed by atoms with van der Waals surface area (Å²) in [4.78, 5) is 15.5. The molecule has 0 saturated carbocycles. The number of nitrogens with zero attached hydrogens (tertiary/aromatic N) is 8. The van der Waals surface area contributed by atoms with E-state index in [-0.39, 0.29) is 5.75 Å². The number of aromatic hydroxyl groups is 1. The first-order valence-electron chi connectivity index (χ1n) is 10.6. The van der Waals surface area contributed by atoms with Gasteiger partial charge in [0.2, 0.25) is 5.95 Å². The summed E-state index contributed by atoms with van der Waals surface area (Å²) in [6, 6.07) is 7.91. The lowest BCUT2D eigenvalue weighted by molar-refractivity contribution is 0.402. The molecule has 164 valence electrons. The summed E-state index contributed by atoms with van der Waals surface area (Å²) in [6.07, 6.45) is 1.65. The van der Waals surface area contributed by atoms with Gasteiger partial charge in [-0.1, -0.05) is 6.07 Å². The maximum Gasteiger partial charge on any atom is 0.253 e. The Bertz CT molecular complexity index is 1270. The van der Waals surface area contributed by atoms with Crippen molar-refractivity contribution >= 4 is 11.7 Å². The van der Waals surface area contributed by atoms with Crippen molar-refractivity contribution in [2.75, 3.05) is 18.0 Å². The van der Waals surface area contributed by atoms with Gasteiger partial charge in [0.25, 0.3) is 5.78 Å². The van der Waals surface area contributed by atoms with Gasteiger partial charge in [-0.15, -0.1) is 15.3 Å². The molecule has 2 N–H and O–H groups in total. The first kappa shape index (κ1) is 20.3. The van der Waals surface area contributed by atoms with E-state index < -0.39 is 0 Å². The molecule has 0 aliphatic carbocycles. The normalized spacial score (nSPS) is 18.9. The predicted molar refractivity (Wildman–Crippen MR) is 120 cm³/mol. The molecule has 0 unspecified atom stereocenters. The zero-order chi connectivity index (χ0) is 22.4. The maximum atomic E-state index is 10.7. The number of anilines is 1. The van der Waals surface area contributed by atoms with Crippen LogP contribution in [0.15, 0.2) is 30.5 Å². The van der Waals surface area contributed by atoms with Crippen LogP contribution in [-0.2, 0) is 0 Å². The van der Waals surface area contributed by atoms with Crippen molar-refractivity contribution in [1.29, 1.82) is 0 Å². The SMILES string of the molecule is Cc1cc(C)n2nc(-c3ccc(-c4cnc(N5C[C@@H](C)N[C@@H](C)C5)nn4)c(O)c3)nc2n1. The summed E-state index contributed by atoms with van der Waals surface area (Å²) >= 11 is 0. The van der Waals surface area contributed by atoms with Gasteiger partial charge < -0.3 is 15.3 Å². The summed E-state index contributed by atoms with van der Waals surface area (Å²) in [5.74, 6) is 1.69. The maximum absolute atomic E-state index is 10.7. The Morgan fingerprint density at radius 3 is 2.50 bits per heavy atom. The lowest BCUT2D eigenvalue weighted by Gasteiger charge is -2.35. The van der Waals surface area contributed by atoms with E-state index in [9.17, 15) is 5.11 Å². The highest BCUT2D eigenvalue weighted by Gasteiger charge is 2.23. The quantitative estimate of drug-likeness (QED) is 0.503. The number of hydrogen-bond acceptors (Lipinski definition) is 9. The number of phenols is 1. The molecule has 4 heterocycles. The van der Waals surface area contributed by atoms with Gasteiger partial charge in [0, 0.05) is 47.7 Å². The van der Waals surface area contributed by atoms with Gasteiger partial charge >= 0.3 is 0 Å². The highest BCUT2D eigenvalue weighted by molar-refractivity contribution is 5.72. The molecular weight excluding hydrogens is 406 g/mol. The molecule has 5 rings (SSSR count). The lowest BCUT2D eigenvalue weighted by atomic mass is 10.1. The highest BCUT2D eigenvalue weighted by Crippen LogP contribution is 2.31. The Kier molecular flexibility index (Phi) is 4.93. The van der Waals surface area contributed by atoms with Crippen LogP contribution in [0.2, 0.25) is 0 Å². The molecule has 3 aromatic heterocycles. The number of aromatic nitrogens is 7. The van der Waals surface area contributed by atoms with Gasteiger partial charge in [0.1, 0.15) is 11.4 Å². The number of phenolic OH excluding ortho intramolecular Hbond substituents is 1. The van der Waals surface area contributed by atoms with E-state index in [4.69, 9.17) is 0 Å². The van der Waals surface area contributed by atoms with Crippen LogP contribution < -0.4 is 10.2 Å². The summed E-state index contributed by atoms with van der Waals surface area (Å²) in [5.41, 5.74) is 3.57. The smallest absolute Gasteiger partial charge is 0.253 e. The first-order valence-corrected chi connectivity index (χ1v) is 10.6. The number of piperazine rings is 1. The number of rotatable bonds is 3. The van der Waals surface area contributed by atoms with Crippen LogP contribution in [0, 0.1) is 13.8 Å². The fraction of sp³-hybridized carbons (Fsp3) is 0.364. The number of aryl methyl sites for hydroxylation is 2. The molecule has 1 aliphatic rings. The van der Waals surface area contributed by atoms with Crippen LogP contribution in [-0.4, -0.2) is 65.0 Å². The van der Waals surface area contributed by atoms with Crippen LogP contribution in [0.4, 0.5) is 5.95 Å². The topological polar surface area (TPSA) is 117 Å². The van der Waals surface area contributed by atoms with Gasteiger partial charge in [0.05, 0.1) is 6.20 Å². The molecule has 4 aromatic rings. The van der Waals surface area contributed by atoms with Crippen molar-refractivity contribution in [1.82, 2.24) is 40.1 Å². The summed E-state index contributed by atoms with van der Waals surface area (Å²) in [6.45, 7) is 9.81. The monoisotopic (exact) mass is 431 g/mol. The Morgan fingerprint density at radius 2 is 1.81 bits per heavy atom. The van der Waals surface area contributed by atoms with Gasteiger partial charge in [-0.05, 0) is 45.9 Å². The molecule has 0 spiro atoms. The minimum Gasteiger partial charge on any atom is -0.507 e. The minimum atomic E-state index is 0.0653. The van der Waals surface area contributed by atoms with Crippen LogP contribution in [0.25, 0.3) is 28.4 Å². The molecule has 10 heteroatoms. The van der Waals surface area contributed by atoms with Crippen molar-refractivity contribution in [3.05, 3.63) is 41.9 Å². The third-order valence-electron chi connectivity index (χ3n) is 5.54. The molecule has 1 aliphatic heterocycles. The number of nitrogens with one attached hydrogen (secondary N) is 1. The highest BCUT2D eigenvalue weighted by atomic mass is 16.3. The standard InChI is InChI=1S/C22H25N9O/c1-12-7-15(4)31-22(25-12)26-20(29-31)16-5-6-17(19(32)8-16)18-9-23-21(28-27-18)30-10-13(2)24-14(3)11-30/h5-9,13-14,24,32H,10-11H2,1-4H3/t13-,14+. The summed E-state index contributed by atoms with van der Waals surface area (Å²) in [5, 5.41) is 27.3. The van der Waals surface area contributed by atoms with Gasteiger partial charge in [-0.3, -0.25) is 0 Å². The van der Waals surface area contributed by atoms with Gasteiger partial charge in [0.15, 0.2) is 5.82 Å². The molecule has 0 bridgehead atoms. The second-order valence-corrected chi connectivity index (χ2v) is 8.44. The third-order valence-corrected chi connectivity index (χ3v) is 5.54. The molecule has 1 aromatic carbocycles. The van der Waals surface area contributed by atoms with E-state index >= 15 is 0 Å². The van der Waals surface area contributed by atoms with Crippen LogP contribution >= 0.6 is 0 Å². The summed E-state index contributed by atoms with van der Waals surface area (Å²) in [7, 11) is 0. The molecule has 2 atom stereocenters. The molecular formula is C22H25N9O. The predicted octanol–water partition coefficient (Wildman–Crippen LogP) is 2.15. The van der Waals surface area contributed by atoms with Crippen molar-refractivity contribution in [2.45, 2.75) is 39.8 Å². The lowest BCUT2D eigenvalue weighted by Crippen LogP contribution is -2.54. The second kappa shape index (κ2) is 7.79. The molecule has 0 radical (unpaired) electrons. The van der Waals surface area contributed by atoms with Crippen molar-refractivity contribution in [3.8, 4) is 28.4 Å². The van der Waals surface area contributed by atoms with Gasteiger partial charge in [-0.2, -0.15) is 4.98 Å². The van der Waals surface area contributed by atoms with E-state index in [1.54, 1.807) is 22.8 Å². The van der Waals surface area contributed by atoms with Crippen LogP contribution in [0.3, 0.4) is 0 Å². The molecule has 10 nitrogen and oxygen atoms in total. The van der Waals surface area contributed by atoms with Crippen molar-refractivity contribution in [2.24, 2.45) is 0 Å². The van der Waals surface area contributed by atoms with Crippen LogP contribution in [0.1, 0.15) is 25.2 Å². The Morgan fingerprint density at radius 1 is 1.03 bits per heavy atom. The van der Waals surface area contributed by atoms with Crippen molar-refractivity contribution < 1.29 is 5.11 Å². The first-order chi connectivity index (χ1) is 15.4.